The van der Waals surface area contributed by atoms with Crippen LogP contribution >= 0.6 is 24.0 Å². The lowest BCUT2D eigenvalue weighted by molar-refractivity contribution is 0.325. The van der Waals surface area contributed by atoms with Crippen LogP contribution in [-0.2, 0) is 0 Å². The molecule has 0 aromatic heterocycles. The number of hydrogen-bond acceptors (Lipinski definition) is 2. The monoisotopic (exact) mass is 433 g/mol. The van der Waals surface area contributed by atoms with Crippen molar-refractivity contribution in [3.05, 3.63) is 59.7 Å². The van der Waals surface area contributed by atoms with Crippen molar-refractivity contribution in [2.24, 2.45) is 10.7 Å². The third kappa shape index (κ3) is 6.39. The van der Waals surface area contributed by atoms with E-state index in [1.807, 2.05) is 31.2 Å². The fourth-order valence-corrected chi connectivity index (χ4v) is 1.81. The first kappa shape index (κ1) is 19.1. The molecule has 0 bridgehead atoms. The molecule has 2 aromatic carbocycles. The number of nitrogens with zero attached hydrogens (tertiary/aromatic N) is 1. The van der Waals surface area contributed by atoms with Crippen LogP contribution in [0.5, 0.6) is 5.75 Å². The van der Waals surface area contributed by atoms with Gasteiger partial charge in [0.1, 0.15) is 12.4 Å². The van der Waals surface area contributed by atoms with E-state index in [1.54, 1.807) is 0 Å². The van der Waals surface area contributed by atoms with E-state index in [0.29, 0.717) is 6.54 Å². The van der Waals surface area contributed by atoms with E-state index < -0.39 is 11.6 Å². The van der Waals surface area contributed by atoms with Crippen molar-refractivity contribution >= 4 is 35.6 Å². The predicted octanol–water partition coefficient (Wildman–Crippen LogP) is 3.70. The lowest BCUT2D eigenvalue weighted by atomic mass is 10.2. The van der Waals surface area contributed by atoms with Gasteiger partial charge in [0.05, 0.1) is 6.54 Å². The Morgan fingerprint density at radius 3 is 2.65 bits per heavy atom. The standard InChI is InChI=1S/C16H17F2N3O.HI/c1-11-3-2-4-12(9-11)21-16(19)20-7-8-22-13-5-6-14(17)15(18)10-13;/h2-6,9-10H,7-8H2,1H3,(H3,19,20,21);1H. The van der Waals surface area contributed by atoms with Crippen molar-refractivity contribution in [2.45, 2.75) is 6.92 Å². The summed E-state index contributed by atoms with van der Waals surface area (Å²) in [5, 5.41) is 2.96. The van der Waals surface area contributed by atoms with Gasteiger partial charge in [-0.3, -0.25) is 0 Å². The molecule has 2 aromatic rings. The average Bonchev–Trinajstić information content (AvgIpc) is 2.47. The van der Waals surface area contributed by atoms with Gasteiger partial charge in [-0.15, -0.1) is 24.0 Å². The van der Waals surface area contributed by atoms with Gasteiger partial charge in [0.15, 0.2) is 17.6 Å². The number of anilines is 1. The van der Waals surface area contributed by atoms with Crippen LogP contribution in [0, 0.1) is 18.6 Å². The van der Waals surface area contributed by atoms with Crippen molar-refractivity contribution < 1.29 is 13.5 Å². The number of guanidine groups is 1. The van der Waals surface area contributed by atoms with E-state index in [0.717, 1.165) is 23.4 Å². The molecule has 0 spiro atoms. The molecule has 0 unspecified atom stereocenters. The molecule has 23 heavy (non-hydrogen) atoms. The maximum atomic E-state index is 13.0. The Balaban J connectivity index is 0.00000264. The normalized spacial score (nSPS) is 10.8. The van der Waals surface area contributed by atoms with E-state index >= 15 is 0 Å². The minimum atomic E-state index is -0.943. The summed E-state index contributed by atoms with van der Waals surface area (Å²) in [6.07, 6.45) is 0. The molecule has 0 aliphatic heterocycles. The number of nitrogens with two attached hydrogens (primary N) is 1. The second kappa shape index (κ2) is 9.29. The van der Waals surface area contributed by atoms with Crippen molar-refractivity contribution in [3.8, 4) is 5.75 Å². The summed E-state index contributed by atoms with van der Waals surface area (Å²) in [6, 6.07) is 11.1. The Morgan fingerprint density at radius 1 is 1.17 bits per heavy atom. The summed E-state index contributed by atoms with van der Waals surface area (Å²) in [5.74, 6) is -1.34. The molecular formula is C16H18F2IN3O. The summed E-state index contributed by atoms with van der Waals surface area (Å²) in [5.41, 5.74) is 7.71. The van der Waals surface area contributed by atoms with Crippen LogP contribution in [0.25, 0.3) is 0 Å². The van der Waals surface area contributed by atoms with Crippen molar-refractivity contribution in [1.29, 1.82) is 0 Å². The van der Waals surface area contributed by atoms with Gasteiger partial charge < -0.3 is 15.8 Å². The van der Waals surface area contributed by atoms with Crippen LogP contribution in [-0.4, -0.2) is 19.1 Å². The minimum absolute atomic E-state index is 0. The molecule has 7 heteroatoms. The highest BCUT2D eigenvalue weighted by molar-refractivity contribution is 14.0. The maximum Gasteiger partial charge on any atom is 0.193 e. The summed E-state index contributed by atoms with van der Waals surface area (Å²) in [6.45, 7) is 2.49. The third-order valence-corrected chi connectivity index (χ3v) is 2.82. The zero-order valence-corrected chi connectivity index (χ0v) is 14.9. The van der Waals surface area contributed by atoms with Crippen LogP contribution in [0.1, 0.15) is 5.56 Å². The van der Waals surface area contributed by atoms with Crippen LogP contribution in [0.15, 0.2) is 47.5 Å². The summed E-state index contributed by atoms with van der Waals surface area (Å²) >= 11 is 0. The number of hydrogen-bond donors (Lipinski definition) is 2. The second-order valence-corrected chi connectivity index (χ2v) is 4.69. The van der Waals surface area contributed by atoms with Crippen LogP contribution in [0.2, 0.25) is 0 Å². The van der Waals surface area contributed by atoms with Gasteiger partial charge in [0.25, 0.3) is 0 Å². The first-order valence-corrected chi connectivity index (χ1v) is 6.76. The molecule has 0 saturated heterocycles. The van der Waals surface area contributed by atoms with Gasteiger partial charge >= 0.3 is 0 Å². The van der Waals surface area contributed by atoms with Gasteiger partial charge in [-0.1, -0.05) is 12.1 Å². The molecule has 4 nitrogen and oxygen atoms in total. The molecule has 0 radical (unpaired) electrons. The molecule has 0 aliphatic rings. The van der Waals surface area contributed by atoms with E-state index in [9.17, 15) is 8.78 Å². The predicted molar refractivity (Wildman–Crippen MR) is 98.6 cm³/mol. The van der Waals surface area contributed by atoms with Gasteiger partial charge in [0.2, 0.25) is 0 Å². The van der Waals surface area contributed by atoms with Gasteiger partial charge in [-0.05, 0) is 36.8 Å². The van der Waals surface area contributed by atoms with E-state index in [1.165, 1.54) is 6.07 Å². The van der Waals surface area contributed by atoms with Crippen LogP contribution in [0.4, 0.5) is 14.5 Å². The molecule has 3 N–H and O–H groups in total. The molecule has 124 valence electrons. The first-order chi connectivity index (χ1) is 10.5. The topological polar surface area (TPSA) is 59.6 Å². The number of rotatable bonds is 5. The molecule has 0 amide bonds. The lowest BCUT2D eigenvalue weighted by Crippen LogP contribution is -2.23. The fourth-order valence-electron chi connectivity index (χ4n) is 1.81. The van der Waals surface area contributed by atoms with Crippen molar-refractivity contribution in [1.82, 2.24) is 0 Å². The fraction of sp³-hybridized carbons (Fsp3) is 0.188. The number of benzene rings is 2. The molecule has 0 atom stereocenters. The zero-order valence-electron chi connectivity index (χ0n) is 12.6. The molecular weight excluding hydrogens is 415 g/mol. The highest BCUT2D eigenvalue weighted by Gasteiger charge is 2.02. The first-order valence-electron chi connectivity index (χ1n) is 6.76. The van der Waals surface area contributed by atoms with Gasteiger partial charge in [-0.2, -0.15) is 0 Å². The Morgan fingerprint density at radius 2 is 1.96 bits per heavy atom. The van der Waals surface area contributed by atoms with Gasteiger partial charge in [0, 0.05) is 11.8 Å². The van der Waals surface area contributed by atoms with E-state index in [2.05, 4.69) is 10.3 Å². The molecule has 0 heterocycles. The smallest absolute Gasteiger partial charge is 0.193 e. The Bertz CT molecular complexity index is 680. The van der Waals surface area contributed by atoms with E-state index in [-0.39, 0.29) is 42.3 Å². The second-order valence-electron chi connectivity index (χ2n) is 4.69. The Kier molecular flexibility index (Phi) is 7.73. The summed E-state index contributed by atoms with van der Waals surface area (Å²) in [7, 11) is 0. The highest BCUT2D eigenvalue weighted by atomic mass is 127. The summed E-state index contributed by atoms with van der Waals surface area (Å²) < 4.78 is 31.0. The molecule has 2 rings (SSSR count). The van der Waals surface area contributed by atoms with Crippen LogP contribution < -0.4 is 15.8 Å². The minimum Gasteiger partial charge on any atom is -0.492 e. The Hall–Kier alpha value is -1.90. The van der Waals surface area contributed by atoms with Crippen molar-refractivity contribution in [2.75, 3.05) is 18.5 Å². The number of halogens is 3. The molecule has 0 saturated carbocycles. The zero-order chi connectivity index (χ0) is 15.9. The molecule has 0 fully saturated rings. The lowest BCUT2D eigenvalue weighted by Gasteiger charge is -2.07. The highest BCUT2D eigenvalue weighted by Crippen LogP contribution is 2.15. The van der Waals surface area contributed by atoms with E-state index in [4.69, 9.17) is 10.5 Å². The average molecular weight is 433 g/mol. The number of aliphatic imine (C=N–C) groups is 1. The quantitative estimate of drug-likeness (QED) is 0.327. The number of nitrogens with one attached hydrogen (secondary N) is 1. The van der Waals surface area contributed by atoms with Crippen molar-refractivity contribution in [3.63, 3.8) is 0 Å². The SMILES string of the molecule is Cc1cccc(NC(N)=NCCOc2ccc(F)c(F)c2)c1.I. The summed E-state index contributed by atoms with van der Waals surface area (Å²) in [4.78, 5) is 4.09. The van der Waals surface area contributed by atoms with Gasteiger partial charge in [-0.25, -0.2) is 13.8 Å². The third-order valence-electron chi connectivity index (χ3n) is 2.82. The number of ether oxygens (including phenoxy) is 1. The van der Waals surface area contributed by atoms with Crippen LogP contribution in [0.3, 0.4) is 0 Å². The Labute approximate surface area is 150 Å². The largest absolute Gasteiger partial charge is 0.492 e. The molecule has 0 aliphatic carbocycles. The number of aryl methyl sites for hydroxylation is 1. The maximum absolute atomic E-state index is 13.0.